The van der Waals surface area contributed by atoms with E-state index in [2.05, 4.69) is 15.6 Å². The Balaban J connectivity index is 1.78. The van der Waals surface area contributed by atoms with Gasteiger partial charge in [0.25, 0.3) is 0 Å². The van der Waals surface area contributed by atoms with Crippen LogP contribution in [0.4, 0.5) is 27.5 Å². The molecule has 0 radical (unpaired) electrons. The lowest BCUT2D eigenvalue weighted by Gasteiger charge is -2.05. The molecule has 0 aliphatic heterocycles. The van der Waals surface area contributed by atoms with E-state index < -0.39 is 17.1 Å². The Labute approximate surface area is 127 Å². The van der Waals surface area contributed by atoms with E-state index in [9.17, 15) is 22.4 Å². The van der Waals surface area contributed by atoms with Gasteiger partial charge in [0.2, 0.25) is 0 Å². The van der Waals surface area contributed by atoms with Crippen molar-refractivity contribution in [2.45, 2.75) is 12.6 Å². The average molecular weight is 333 g/mol. The van der Waals surface area contributed by atoms with Crippen molar-refractivity contribution in [3.05, 3.63) is 46.7 Å². The van der Waals surface area contributed by atoms with Gasteiger partial charge in [0.1, 0.15) is 10.7 Å². The molecule has 0 saturated heterocycles. The summed E-state index contributed by atoms with van der Waals surface area (Å²) in [6.07, 6.45) is -3.34. The highest BCUT2D eigenvalue weighted by atomic mass is 32.1. The molecule has 2 aromatic rings. The number of nitrogens with zero attached hydrogens (tertiary/aromatic N) is 1. The first kappa shape index (κ1) is 16.2. The Morgan fingerprint density at radius 1 is 1.23 bits per heavy atom. The van der Waals surface area contributed by atoms with Crippen molar-refractivity contribution >= 4 is 22.5 Å². The third kappa shape index (κ3) is 4.69. The SMILES string of the molecule is O=C(NCCc1ccc(F)cc1)Nc1ncc(C(F)(F)F)s1. The van der Waals surface area contributed by atoms with Gasteiger partial charge in [-0.1, -0.05) is 23.5 Å². The third-order valence-electron chi connectivity index (χ3n) is 2.62. The Kier molecular flexibility index (Phi) is 4.96. The lowest BCUT2D eigenvalue weighted by Crippen LogP contribution is -2.30. The van der Waals surface area contributed by atoms with Crippen LogP contribution < -0.4 is 10.6 Å². The van der Waals surface area contributed by atoms with E-state index in [0.29, 0.717) is 24.0 Å². The van der Waals surface area contributed by atoms with Gasteiger partial charge in [0.05, 0.1) is 6.20 Å². The maximum atomic E-state index is 12.7. The zero-order valence-corrected chi connectivity index (χ0v) is 11.9. The fourth-order valence-electron chi connectivity index (χ4n) is 1.58. The smallest absolute Gasteiger partial charge is 0.337 e. The van der Waals surface area contributed by atoms with Crippen LogP contribution in [0.2, 0.25) is 0 Å². The van der Waals surface area contributed by atoms with Crippen LogP contribution >= 0.6 is 11.3 Å². The van der Waals surface area contributed by atoms with Gasteiger partial charge in [0, 0.05) is 6.54 Å². The second kappa shape index (κ2) is 6.73. The number of nitrogens with one attached hydrogen (secondary N) is 2. The molecule has 2 N–H and O–H groups in total. The molecule has 0 fully saturated rings. The Morgan fingerprint density at radius 3 is 2.50 bits per heavy atom. The number of halogens is 4. The molecular weight excluding hydrogens is 322 g/mol. The average Bonchev–Trinajstić information content (AvgIpc) is 2.89. The second-order valence-corrected chi connectivity index (χ2v) is 5.32. The number of urea groups is 1. The zero-order chi connectivity index (χ0) is 16.2. The molecule has 0 bridgehead atoms. The van der Waals surface area contributed by atoms with E-state index in [0.717, 1.165) is 5.56 Å². The van der Waals surface area contributed by atoms with Gasteiger partial charge in [-0.2, -0.15) is 13.2 Å². The summed E-state index contributed by atoms with van der Waals surface area (Å²) in [5.41, 5.74) is 0.829. The van der Waals surface area contributed by atoms with Gasteiger partial charge in [-0.05, 0) is 24.1 Å². The number of carbonyl (C=O) groups is 1. The predicted octanol–water partition coefficient (Wildman–Crippen LogP) is 3.67. The number of hydrogen-bond donors (Lipinski definition) is 2. The molecule has 118 valence electrons. The largest absolute Gasteiger partial charge is 0.427 e. The van der Waals surface area contributed by atoms with Crippen LogP contribution in [0.1, 0.15) is 10.4 Å². The summed E-state index contributed by atoms with van der Waals surface area (Å²) in [6.45, 7) is 0.259. The Bertz CT molecular complexity index is 639. The highest BCUT2D eigenvalue weighted by Gasteiger charge is 2.33. The normalized spacial score (nSPS) is 11.3. The van der Waals surface area contributed by atoms with Crippen LogP contribution in [0, 0.1) is 5.82 Å². The lowest BCUT2D eigenvalue weighted by atomic mass is 10.1. The van der Waals surface area contributed by atoms with Crippen molar-refractivity contribution in [1.82, 2.24) is 10.3 Å². The summed E-state index contributed by atoms with van der Waals surface area (Å²) in [4.78, 5) is 14.1. The van der Waals surface area contributed by atoms with Gasteiger partial charge in [-0.3, -0.25) is 5.32 Å². The van der Waals surface area contributed by atoms with Crippen LogP contribution in [0.15, 0.2) is 30.5 Å². The number of rotatable bonds is 4. The number of thiazole rings is 1. The highest BCUT2D eigenvalue weighted by Crippen LogP contribution is 2.34. The molecule has 0 unspecified atom stereocenters. The van der Waals surface area contributed by atoms with Gasteiger partial charge in [0.15, 0.2) is 5.13 Å². The van der Waals surface area contributed by atoms with E-state index in [1.165, 1.54) is 12.1 Å². The fraction of sp³-hybridized carbons (Fsp3) is 0.231. The molecule has 1 aromatic heterocycles. The first-order valence-electron chi connectivity index (χ1n) is 6.17. The Morgan fingerprint density at radius 2 is 1.91 bits per heavy atom. The molecule has 4 nitrogen and oxygen atoms in total. The molecule has 9 heteroatoms. The number of amides is 2. The van der Waals surface area contributed by atoms with Crippen molar-refractivity contribution in [2.24, 2.45) is 0 Å². The number of aromatic nitrogens is 1. The maximum Gasteiger partial charge on any atom is 0.427 e. The second-order valence-electron chi connectivity index (χ2n) is 4.28. The third-order valence-corrected chi connectivity index (χ3v) is 3.58. The predicted molar refractivity (Wildman–Crippen MR) is 74.2 cm³/mol. The van der Waals surface area contributed by atoms with Gasteiger partial charge in [-0.15, -0.1) is 0 Å². The van der Waals surface area contributed by atoms with Crippen LogP contribution in [-0.4, -0.2) is 17.6 Å². The number of alkyl halides is 3. The molecule has 0 aliphatic carbocycles. The molecule has 0 spiro atoms. The molecule has 0 atom stereocenters. The summed E-state index contributed by atoms with van der Waals surface area (Å²) in [6, 6.07) is 5.15. The van der Waals surface area contributed by atoms with Crippen molar-refractivity contribution in [3.8, 4) is 0 Å². The molecule has 2 amide bonds. The minimum atomic E-state index is -4.48. The van der Waals surface area contributed by atoms with Crippen LogP contribution in [-0.2, 0) is 12.6 Å². The zero-order valence-electron chi connectivity index (χ0n) is 11.1. The van der Waals surface area contributed by atoms with Crippen LogP contribution in [0.3, 0.4) is 0 Å². The number of benzene rings is 1. The van der Waals surface area contributed by atoms with Crippen LogP contribution in [0.25, 0.3) is 0 Å². The van der Waals surface area contributed by atoms with E-state index in [1.807, 2.05) is 0 Å². The number of hydrogen-bond acceptors (Lipinski definition) is 3. The Hall–Kier alpha value is -2.16. The fourth-order valence-corrected chi connectivity index (χ4v) is 2.25. The first-order chi connectivity index (χ1) is 10.3. The topological polar surface area (TPSA) is 54.0 Å². The summed E-state index contributed by atoms with van der Waals surface area (Å²) in [5.74, 6) is -0.348. The summed E-state index contributed by atoms with van der Waals surface area (Å²) in [7, 11) is 0. The number of carbonyl (C=O) groups excluding carboxylic acids is 1. The number of anilines is 1. The van der Waals surface area contributed by atoms with E-state index >= 15 is 0 Å². The van der Waals surface area contributed by atoms with Gasteiger partial charge >= 0.3 is 12.2 Å². The summed E-state index contributed by atoms with van der Waals surface area (Å²) in [5, 5.41) is 4.58. The van der Waals surface area contributed by atoms with Gasteiger partial charge in [-0.25, -0.2) is 14.2 Å². The lowest BCUT2D eigenvalue weighted by molar-refractivity contribution is -0.134. The highest BCUT2D eigenvalue weighted by molar-refractivity contribution is 7.15. The van der Waals surface area contributed by atoms with Crippen molar-refractivity contribution in [2.75, 3.05) is 11.9 Å². The standard InChI is InChI=1S/C13H11F4N3OS/c14-9-3-1-8(2-4-9)5-6-18-11(21)20-12-19-7-10(22-12)13(15,16)17/h1-4,7H,5-6H2,(H2,18,19,20,21). The van der Waals surface area contributed by atoms with Crippen molar-refractivity contribution in [3.63, 3.8) is 0 Å². The molecule has 2 rings (SSSR count). The molecule has 22 heavy (non-hydrogen) atoms. The van der Waals surface area contributed by atoms with Crippen LogP contribution in [0.5, 0.6) is 0 Å². The van der Waals surface area contributed by atoms with E-state index in [4.69, 9.17) is 0 Å². The van der Waals surface area contributed by atoms with Crippen molar-refractivity contribution < 1.29 is 22.4 Å². The maximum absolute atomic E-state index is 12.7. The minimum Gasteiger partial charge on any atom is -0.337 e. The first-order valence-corrected chi connectivity index (χ1v) is 6.98. The van der Waals surface area contributed by atoms with Crippen molar-refractivity contribution in [1.29, 1.82) is 0 Å². The molecule has 0 aliphatic rings. The molecular formula is C13H11F4N3OS. The molecule has 1 aromatic carbocycles. The van der Waals surface area contributed by atoms with E-state index in [-0.39, 0.29) is 17.5 Å². The van der Waals surface area contributed by atoms with E-state index in [1.54, 1.807) is 12.1 Å². The molecule has 0 saturated carbocycles. The summed E-state index contributed by atoms with van der Waals surface area (Å²) >= 11 is 0.350. The summed E-state index contributed by atoms with van der Waals surface area (Å²) < 4.78 is 49.8. The minimum absolute atomic E-state index is 0.133. The quantitative estimate of drug-likeness (QED) is 0.839. The van der Waals surface area contributed by atoms with Gasteiger partial charge < -0.3 is 5.32 Å². The molecule has 1 heterocycles. The monoisotopic (exact) mass is 333 g/mol.